The zero-order chi connectivity index (χ0) is 20.5. The van der Waals surface area contributed by atoms with Crippen LogP contribution in [0.15, 0.2) is 12.1 Å². The van der Waals surface area contributed by atoms with Crippen LogP contribution in [0.25, 0.3) is 0 Å². The second-order valence-corrected chi connectivity index (χ2v) is 9.03. The van der Waals surface area contributed by atoms with E-state index in [2.05, 4.69) is 39.8 Å². The van der Waals surface area contributed by atoms with Crippen molar-refractivity contribution in [3.8, 4) is 0 Å². The van der Waals surface area contributed by atoms with Crippen molar-refractivity contribution in [3.63, 3.8) is 0 Å². The molecule has 28 heavy (non-hydrogen) atoms. The van der Waals surface area contributed by atoms with Gasteiger partial charge in [-0.3, -0.25) is 0 Å². The van der Waals surface area contributed by atoms with Crippen LogP contribution in [0, 0.1) is 6.92 Å². The minimum absolute atomic E-state index is 1.29. The number of benzene rings is 1. The van der Waals surface area contributed by atoms with E-state index in [1.165, 1.54) is 116 Å². The molecule has 1 aromatic carbocycles. The van der Waals surface area contributed by atoms with Crippen molar-refractivity contribution in [2.75, 3.05) is 0 Å². The molecule has 0 radical (unpaired) electrons. The van der Waals surface area contributed by atoms with Crippen LogP contribution < -0.4 is 0 Å². The van der Waals surface area contributed by atoms with Gasteiger partial charge >= 0.3 is 0 Å². The topological polar surface area (TPSA) is 0 Å². The standard InChI is InChI=1S/C28H50/c1-5-8-11-13-14-16-19-22-28-24-26(20-18-15-12-9-6-2)23-27(25(28)4)21-17-10-7-3/h23-24H,5-22H2,1-4H3. The number of unbranched alkanes of at least 4 members (excludes halogenated alkanes) is 12. The molecule has 0 aliphatic carbocycles. The molecule has 0 spiro atoms. The summed E-state index contributed by atoms with van der Waals surface area (Å²) in [6, 6.07) is 5.12. The summed E-state index contributed by atoms with van der Waals surface area (Å²) < 4.78 is 0. The highest BCUT2D eigenvalue weighted by molar-refractivity contribution is 5.39. The first-order chi connectivity index (χ1) is 13.7. The molecule has 0 unspecified atom stereocenters. The van der Waals surface area contributed by atoms with Crippen molar-refractivity contribution in [1.29, 1.82) is 0 Å². The van der Waals surface area contributed by atoms with Crippen molar-refractivity contribution in [2.45, 2.75) is 143 Å². The number of hydrogen-bond donors (Lipinski definition) is 0. The van der Waals surface area contributed by atoms with Gasteiger partial charge in [0.15, 0.2) is 0 Å². The maximum Gasteiger partial charge on any atom is -0.0276 e. The summed E-state index contributed by atoms with van der Waals surface area (Å²) in [6.45, 7) is 9.31. The van der Waals surface area contributed by atoms with Gasteiger partial charge in [0.1, 0.15) is 0 Å². The van der Waals surface area contributed by atoms with Gasteiger partial charge in [0.25, 0.3) is 0 Å². The Morgan fingerprint density at radius 1 is 0.464 bits per heavy atom. The Morgan fingerprint density at radius 2 is 0.821 bits per heavy atom. The number of rotatable bonds is 18. The van der Waals surface area contributed by atoms with Gasteiger partial charge in [-0.25, -0.2) is 0 Å². The molecule has 0 nitrogen and oxygen atoms in total. The Hall–Kier alpha value is -0.780. The fourth-order valence-corrected chi connectivity index (χ4v) is 4.35. The lowest BCUT2D eigenvalue weighted by molar-refractivity contribution is 0.588. The van der Waals surface area contributed by atoms with E-state index in [-0.39, 0.29) is 0 Å². The molecule has 0 heterocycles. The van der Waals surface area contributed by atoms with Gasteiger partial charge in [-0.05, 0) is 67.7 Å². The molecule has 0 saturated carbocycles. The monoisotopic (exact) mass is 386 g/mol. The maximum atomic E-state index is 2.57. The summed E-state index contributed by atoms with van der Waals surface area (Å²) in [5.41, 5.74) is 6.53. The number of aryl methyl sites for hydroxylation is 3. The van der Waals surface area contributed by atoms with Crippen LogP contribution in [0.5, 0.6) is 0 Å². The average Bonchev–Trinajstić information content (AvgIpc) is 2.70. The molecule has 0 heteroatoms. The van der Waals surface area contributed by atoms with E-state index in [1.807, 2.05) is 0 Å². The van der Waals surface area contributed by atoms with Gasteiger partial charge in [0.05, 0.1) is 0 Å². The van der Waals surface area contributed by atoms with Gasteiger partial charge < -0.3 is 0 Å². The van der Waals surface area contributed by atoms with E-state index in [4.69, 9.17) is 0 Å². The van der Waals surface area contributed by atoms with Crippen LogP contribution in [0.2, 0.25) is 0 Å². The molecule has 1 aromatic rings. The van der Waals surface area contributed by atoms with Gasteiger partial charge in [-0.1, -0.05) is 110 Å². The molecule has 0 amide bonds. The highest BCUT2D eigenvalue weighted by Gasteiger charge is 2.08. The minimum Gasteiger partial charge on any atom is -0.0654 e. The second-order valence-electron chi connectivity index (χ2n) is 9.03. The summed E-state index contributed by atoms with van der Waals surface area (Å²) in [7, 11) is 0. The molecule has 1 rings (SSSR count). The first-order valence-corrected chi connectivity index (χ1v) is 12.8. The normalized spacial score (nSPS) is 11.3. The van der Waals surface area contributed by atoms with Gasteiger partial charge in [-0.15, -0.1) is 0 Å². The fraction of sp³-hybridized carbons (Fsp3) is 0.786. The summed E-state index contributed by atoms with van der Waals surface area (Å²) in [5, 5.41) is 0. The molecule has 0 aromatic heterocycles. The molecule has 162 valence electrons. The zero-order valence-electron chi connectivity index (χ0n) is 19.9. The van der Waals surface area contributed by atoms with Crippen molar-refractivity contribution < 1.29 is 0 Å². The molecule has 0 fully saturated rings. The molecule has 0 N–H and O–H groups in total. The van der Waals surface area contributed by atoms with Crippen molar-refractivity contribution in [2.24, 2.45) is 0 Å². The quantitative estimate of drug-likeness (QED) is 0.220. The second kappa shape index (κ2) is 17.1. The van der Waals surface area contributed by atoms with Crippen molar-refractivity contribution >= 4 is 0 Å². The van der Waals surface area contributed by atoms with Crippen molar-refractivity contribution in [3.05, 3.63) is 34.4 Å². The minimum atomic E-state index is 1.29. The van der Waals surface area contributed by atoms with E-state index in [1.54, 1.807) is 22.3 Å². The molecule has 0 saturated heterocycles. The van der Waals surface area contributed by atoms with E-state index < -0.39 is 0 Å². The van der Waals surface area contributed by atoms with Crippen LogP contribution in [-0.2, 0) is 19.3 Å². The van der Waals surface area contributed by atoms with Crippen LogP contribution in [0.3, 0.4) is 0 Å². The lowest BCUT2D eigenvalue weighted by atomic mass is 9.90. The highest BCUT2D eigenvalue weighted by Crippen LogP contribution is 2.23. The van der Waals surface area contributed by atoms with E-state index in [0.29, 0.717) is 0 Å². The molecule has 0 bridgehead atoms. The Morgan fingerprint density at radius 3 is 1.32 bits per heavy atom. The van der Waals surface area contributed by atoms with E-state index in [9.17, 15) is 0 Å². The Labute approximate surface area is 177 Å². The van der Waals surface area contributed by atoms with Gasteiger partial charge in [0, 0.05) is 0 Å². The first kappa shape index (κ1) is 25.3. The Bertz CT molecular complexity index is 485. The Balaban J connectivity index is 2.59. The van der Waals surface area contributed by atoms with Gasteiger partial charge in [0.2, 0.25) is 0 Å². The summed E-state index contributed by atoms with van der Waals surface area (Å²) in [4.78, 5) is 0. The van der Waals surface area contributed by atoms with E-state index >= 15 is 0 Å². The summed E-state index contributed by atoms with van der Waals surface area (Å²) in [6.07, 6.45) is 24.7. The molecule has 0 atom stereocenters. The molecular weight excluding hydrogens is 336 g/mol. The average molecular weight is 387 g/mol. The third-order valence-corrected chi connectivity index (χ3v) is 6.35. The molecule has 0 aliphatic heterocycles. The summed E-state index contributed by atoms with van der Waals surface area (Å²) >= 11 is 0. The van der Waals surface area contributed by atoms with Crippen LogP contribution in [0.1, 0.15) is 139 Å². The highest BCUT2D eigenvalue weighted by atomic mass is 14.1. The van der Waals surface area contributed by atoms with Crippen LogP contribution in [-0.4, -0.2) is 0 Å². The SMILES string of the molecule is CCCCCCCCCc1cc(CCCCCCC)cc(CCCCC)c1C. The lowest BCUT2D eigenvalue weighted by Crippen LogP contribution is -2.01. The predicted octanol–water partition coefficient (Wildman–Crippen LogP) is 9.53. The fourth-order valence-electron chi connectivity index (χ4n) is 4.35. The largest absolute Gasteiger partial charge is 0.0654 e. The molecular formula is C28H50. The van der Waals surface area contributed by atoms with Crippen LogP contribution >= 0.6 is 0 Å². The van der Waals surface area contributed by atoms with Crippen LogP contribution in [0.4, 0.5) is 0 Å². The zero-order valence-corrected chi connectivity index (χ0v) is 19.9. The van der Waals surface area contributed by atoms with Gasteiger partial charge in [-0.2, -0.15) is 0 Å². The first-order valence-electron chi connectivity index (χ1n) is 12.8. The third kappa shape index (κ3) is 11.3. The van der Waals surface area contributed by atoms with E-state index in [0.717, 1.165) is 0 Å². The molecule has 0 aliphatic rings. The lowest BCUT2D eigenvalue weighted by Gasteiger charge is -2.15. The maximum absolute atomic E-state index is 2.57. The summed E-state index contributed by atoms with van der Waals surface area (Å²) in [5.74, 6) is 0. The Kier molecular flexibility index (Phi) is 15.4. The third-order valence-electron chi connectivity index (χ3n) is 6.35. The number of hydrogen-bond acceptors (Lipinski definition) is 0. The predicted molar refractivity (Wildman–Crippen MR) is 129 cm³/mol. The smallest absolute Gasteiger partial charge is 0.0276 e. The van der Waals surface area contributed by atoms with Crippen molar-refractivity contribution in [1.82, 2.24) is 0 Å².